The molecule has 0 radical (unpaired) electrons. The van der Waals surface area contributed by atoms with E-state index in [0.717, 1.165) is 27.5 Å². The molecule has 0 bridgehead atoms. The van der Waals surface area contributed by atoms with E-state index >= 15 is 0 Å². The topological polar surface area (TPSA) is 18.5 Å². The molecular formula is C28H24O2S. The van der Waals surface area contributed by atoms with Crippen LogP contribution in [-0.2, 0) is 0 Å². The summed E-state index contributed by atoms with van der Waals surface area (Å²) in [6, 6.07) is 39.1. The first-order valence-corrected chi connectivity index (χ1v) is 11.0. The Morgan fingerprint density at radius 2 is 1.16 bits per heavy atom. The first-order valence-electron chi connectivity index (χ1n) is 10.2. The van der Waals surface area contributed by atoms with Crippen molar-refractivity contribution in [2.45, 2.75) is 4.90 Å². The van der Waals surface area contributed by atoms with Gasteiger partial charge in [0.05, 0.1) is 7.11 Å². The van der Waals surface area contributed by atoms with Gasteiger partial charge in [0.15, 0.2) is 0 Å². The minimum atomic E-state index is 0.474. The van der Waals surface area contributed by atoms with E-state index in [-0.39, 0.29) is 0 Å². The van der Waals surface area contributed by atoms with E-state index in [1.54, 1.807) is 18.9 Å². The van der Waals surface area contributed by atoms with Crippen molar-refractivity contribution in [3.05, 3.63) is 126 Å². The molecule has 0 aliphatic carbocycles. The van der Waals surface area contributed by atoms with E-state index < -0.39 is 0 Å². The van der Waals surface area contributed by atoms with Crippen LogP contribution in [0.4, 0.5) is 0 Å². The van der Waals surface area contributed by atoms with Crippen LogP contribution < -0.4 is 9.47 Å². The summed E-state index contributed by atoms with van der Waals surface area (Å²) in [6.45, 7) is 0.474. The SMILES string of the molecule is COc1ccc(S/C(=C(/COc2ccccc2)c2ccccc2)c2ccccc2)cc1. The van der Waals surface area contributed by atoms with Gasteiger partial charge in [0, 0.05) is 15.4 Å². The maximum atomic E-state index is 6.21. The standard InChI is InChI=1S/C28H24O2S/c1-29-24-17-19-26(20-18-24)31-28(23-13-7-3-8-14-23)27(22-11-5-2-6-12-22)21-30-25-15-9-4-10-16-25/h2-20H,21H2,1H3/b28-27-. The number of rotatable bonds is 8. The summed E-state index contributed by atoms with van der Waals surface area (Å²) in [5.41, 5.74) is 3.47. The number of hydrogen-bond donors (Lipinski definition) is 0. The van der Waals surface area contributed by atoms with Crippen molar-refractivity contribution in [1.29, 1.82) is 0 Å². The fourth-order valence-corrected chi connectivity index (χ4v) is 4.30. The lowest BCUT2D eigenvalue weighted by atomic mass is 10.0. The van der Waals surface area contributed by atoms with Crippen LogP contribution in [0.5, 0.6) is 11.5 Å². The highest BCUT2D eigenvalue weighted by Crippen LogP contribution is 2.40. The molecule has 0 fully saturated rings. The van der Waals surface area contributed by atoms with Crippen molar-refractivity contribution in [2.75, 3.05) is 13.7 Å². The molecule has 0 unspecified atom stereocenters. The number of hydrogen-bond acceptors (Lipinski definition) is 3. The van der Waals surface area contributed by atoms with Crippen molar-refractivity contribution in [3.8, 4) is 11.5 Å². The van der Waals surface area contributed by atoms with E-state index in [1.807, 2.05) is 54.6 Å². The van der Waals surface area contributed by atoms with Crippen LogP contribution in [0.2, 0.25) is 0 Å². The Balaban J connectivity index is 1.78. The fourth-order valence-electron chi connectivity index (χ4n) is 3.24. The van der Waals surface area contributed by atoms with Gasteiger partial charge in [-0.3, -0.25) is 0 Å². The van der Waals surface area contributed by atoms with Gasteiger partial charge in [-0.15, -0.1) is 0 Å². The summed E-state index contributed by atoms with van der Waals surface area (Å²) >= 11 is 1.74. The van der Waals surface area contributed by atoms with Crippen molar-refractivity contribution in [1.82, 2.24) is 0 Å². The van der Waals surface area contributed by atoms with Gasteiger partial charge in [0.1, 0.15) is 18.1 Å². The second kappa shape index (κ2) is 10.6. The first kappa shape index (κ1) is 20.8. The molecule has 0 aromatic heterocycles. The van der Waals surface area contributed by atoms with Crippen molar-refractivity contribution < 1.29 is 9.47 Å². The number of para-hydroxylation sites is 1. The van der Waals surface area contributed by atoms with Crippen LogP contribution in [0.25, 0.3) is 10.5 Å². The molecule has 2 nitrogen and oxygen atoms in total. The smallest absolute Gasteiger partial charge is 0.119 e. The molecule has 0 N–H and O–H groups in total. The molecule has 4 aromatic rings. The van der Waals surface area contributed by atoms with Gasteiger partial charge in [-0.05, 0) is 47.5 Å². The molecule has 0 heterocycles. The van der Waals surface area contributed by atoms with Crippen LogP contribution in [0.15, 0.2) is 120 Å². The second-order valence-corrected chi connectivity index (χ2v) is 8.00. The molecule has 0 saturated heterocycles. The zero-order valence-electron chi connectivity index (χ0n) is 17.4. The normalized spacial score (nSPS) is 11.5. The first-order chi connectivity index (χ1) is 15.3. The Morgan fingerprint density at radius 3 is 1.74 bits per heavy atom. The second-order valence-electron chi connectivity index (χ2n) is 6.92. The lowest BCUT2D eigenvalue weighted by Crippen LogP contribution is -2.03. The quantitative estimate of drug-likeness (QED) is 0.216. The van der Waals surface area contributed by atoms with E-state index in [9.17, 15) is 0 Å². The van der Waals surface area contributed by atoms with E-state index in [0.29, 0.717) is 6.61 Å². The summed E-state index contributed by atoms with van der Waals surface area (Å²) in [5, 5.41) is 0. The predicted molar refractivity (Wildman–Crippen MR) is 130 cm³/mol. The van der Waals surface area contributed by atoms with Crippen LogP contribution >= 0.6 is 11.8 Å². The largest absolute Gasteiger partial charge is 0.497 e. The van der Waals surface area contributed by atoms with Crippen LogP contribution in [-0.4, -0.2) is 13.7 Å². The number of methoxy groups -OCH3 is 1. The molecule has 0 aliphatic rings. The summed E-state index contributed by atoms with van der Waals surface area (Å²) < 4.78 is 11.5. The van der Waals surface area contributed by atoms with Gasteiger partial charge in [-0.1, -0.05) is 90.6 Å². The summed E-state index contributed by atoms with van der Waals surface area (Å²) in [6.07, 6.45) is 0. The third-order valence-electron chi connectivity index (χ3n) is 4.84. The molecule has 3 heteroatoms. The minimum absolute atomic E-state index is 0.474. The molecule has 154 valence electrons. The molecule has 0 amide bonds. The van der Waals surface area contributed by atoms with Gasteiger partial charge in [-0.25, -0.2) is 0 Å². The fraction of sp³-hybridized carbons (Fsp3) is 0.0714. The molecule has 31 heavy (non-hydrogen) atoms. The minimum Gasteiger partial charge on any atom is -0.497 e. The molecule has 4 aromatic carbocycles. The Bertz CT molecular complexity index is 1110. The third-order valence-corrected chi connectivity index (χ3v) is 6.03. The van der Waals surface area contributed by atoms with Crippen LogP contribution in [0.1, 0.15) is 11.1 Å². The average molecular weight is 425 g/mol. The zero-order valence-corrected chi connectivity index (χ0v) is 18.2. The Hall–Kier alpha value is -3.43. The van der Waals surface area contributed by atoms with Gasteiger partial charge in [0.2, 0.25) is 0 Å². The van der Waals surface area contributed by atoms with E-state index in [2.05, 4.69) is 60.7 Å². The van der Waals surface area contributed by atoms with Crippen molar-refractivity contribution >= 4 is 22.2 Å². The van der Waals surface area contributed by atoms with Crippen LogP contribution in [0, 0.1) is 0 Å². The van der Waals surface area contributed by atoms with Crippen molar-refractivity contribution in [2.24, 2.45) is 0 Å². The summed E-state index contributed by atoms with van der Waals surface area (Å²) in [4.78, 5) is 2.32. The van der Waals surface area contributed by atoms with E-state index in [1.165, 1.54) is 10.5 Å². The monoisotopic (exact) mass is 424 g/mol. The number of benzene rings is 4. The Labute approximate surface area is 188 Å². The molecule has 0 saturated carbocycles. The Morgan fingerprint density at radius 1 is 0.613 bits per heavy atom. The van der Waals surface area contributed by atoms with Gasteiger partial charge in [-0.2, -0.15) is 0 Å². The Kier molecular flexibility index (Phi) is 7.09. The van der Waals surface area contributed by atoms with Crippen molar-refractivity contribution in [3.63, 3.8) is 0 Å². The lowest BCUT2D eigenvalue weighted by Gasteiger charge is -2.17. The number of ether oxygens (including phenoxy) is 2. The molecule has 0 aliphatic heterocycles. The average Bonchev–Trinajstić information content (AvgIpc) is 2.86. The van der Waals surface area contributed by atoms with Gasteiger partial charge >= 0.3 is 0 Å². The lowest BCUT2D eigenvalue weighted by molar-refractivity contribution is 0.370. The molecule has 0 atom stereocenters. The highest BCUT2D eigenvalue weighted by Gasteiger charge is 2.15. The highest BCUT2D eigenvalue weighted by molar-refractivity contribution is 8.08. The van der Waals surface area contributed by atoms with Gasteiger partial charge < -0.3 is 9.47 Å². The third kappa shape index (κ3) is 5.59. The maximum absolute atomic E-state index is 6.21. The zero-order chi connectivity index (χ0) is 21.3. The highest BCUT2D eigenvalue weighted by atomic mass is 32.2. The predicted octanol–water partition coefficient (Wildman–Crippen LogP) is 7.43. The maximum Gasteiger partial charge on any atom is 0.119 e. The summed E-state index contributed by atoms with van der Waals surface area (Å²) in [7, 11) is 1.69. The molecule has 0 spiro atoms. The number of thioether (sulfide) groups is 1. The molecule has 4 rings (SSSR count). The summed E-state index contributed by atoms with van der Waals surface area (Å²) in [5.74, 6) is 1.71. The van der Waals surface area contributed by atoms with E-state index in [4.69, 9.17) is 9.47 Å². The van der Waals surface area contributed by atoms with Crippen LogP contribution in [0.3, 0.4) is 0 Å². The van der Waals surface area contributed by atoms with Gasteiger partial charge in [0.25, 0.3) is 0 Å². The molecular weight excluding hydrogens is 400 g/mol.